The van der Waals surface area contributed by atoms with E-state index in [1.54, 1.807) is 25.3 Å². The molecule has 1 fully saturated rings. The largest absolute Gasteiger partial charge is 0.384 e. The van der Waals surface area contributed by atoms with Crippen molar-refractivity contribution >= 4 is 17.5 Å². The van der Waals surface area contributed by atoms with E-state index in [-0.39, 0.29) is 24.7 Å². The topological polar surface area (TPSA) is 58.6 Å². The maximum atomic E-state index is 12.0. The Morgan fingerprint density at radius 3 is 2.90 bits per heavy atom. The zero-order chi connectivity index (χ0) is 14.5. The minimum absolute atomic E-state index is 0.145. The Bertz CT molecular complexity index is 556. The number of carbonyl (C=O) groups is 1. The van der Waals surface area contributed by atoms with Crippen LogP contribution < -0.4 is 5.32 Å². The molecule has 20 heavy (non-hydrogen) atoms. The van der Waals surface area contributed by atoms with Gasteiger partial charge in [-0.05, 0) is 31.0 Å². The van der Waals surface area contributed by atoms with Crippen LogP contribution in [0, 0.1) is 11.8 Å². The van der Waals surface area contributed by atoms with Gasteiger partial charge in [0.05, 0.1) is 11.1 Å². The number of aliphatic hydroxyl groups is 1. The molecule has 5 heteroatoms. The number of nitrogens with one attached hydrogen (secondary N) is 1. The fraction of sp³-hybridized carbons (Fsp3) is 0.400. The van der Waals surface area contributed by atoms with Gasteiger partial charge in [-0.15, -0.1) is 0 Å². The molecule has 0 unspecified atom stereocenters. The van der Waals surface area contributed by atoms with Crippen LogP contribution in [0.5, 0.6) is 0 Å². The van der Waals surface area contributed by atoms with Gasteiger partial charge in [0.1, 0.15) is 6.61 Å². The maximum absolute atomic E-state index is 12.0. The van der Waals surface area contributed by atoms with E-state index < -0.39 is 0 Å². The molecule has 1 aromatic carbocycles. The molecule has 0 heterocycles. The normalized spacial score (nSPS) is 20.6. The van der Waals surface area contributed by atoms with Crippen LogP contribution >= 0.6 is 11.6 Å². The smallest absolute Gasteiger partial charge is 0.251 e. The Hall–Kier alpha value is -1.54. The number of halogens is 1. The van der Waals surface area contributed by atoms with Crippen LogP contribution in [0.15, 0.2) is 18.2 Å². The van der Waals surface area contributed by atoms with Crippen LogP contribution in [0.2, 0.25) is 5.02 Å². The predicted molar refractivity (Wildman–Crippen MR) is 76.7 cm³/mol. The summed E-state index contributed by atoms with van der Waals surface area (Å²) in [6, 6.07) is 5.11. The van der Waals surface area contributed by atoms with Crippen molar-refractivity contribution < 1.29 is 14.6 Å². The van der Waals surface area contributed by atoms with Gasteiger partial charge in [0.15, 0.2) is 0 Å². The van der Waals surface area contributed by atoms with Crippen molar-refractivity contribution in [1.29, 1.82) is 0 Å². The van der Waals surface area contributed by atoms with Crippen LogP contribution in [0.1, 0.15) is 28.8 Å². The summed E-state index contributed by atoms with van der Waals surface area (Å²) in [5, 5.41) is 12.0. The average molecular weight is 294 g/mol. The van der Waals surface area contributed by atoms with Gasteiger partial charge in [0, 0.05) is 24.3 Å². The lowest BCUT2D eigenvalue weighted by atomic mass is 9.89. The van der Waals surface area contributed by atoms with Crippen molar-refractivity contribution in [2.24, 2.45) is 0 Å². The lowest BCUT2D eigenvalue weighted by molar-refractivity contribution is 0.0176. The first kappa shape index (κ1) is 14.9. The number of hydrogen-bond acceptors (Lipinski definition) is 3. The third-order valence-corrected chi connectivity index (χ3v) is 3.61. The highest BCUT2D eigenvalue weighted by Gasteiger charge is 2.30. The van der Waals surface area contributed by atoms with E-state index in [0.717, 1.165) is 12.8 Å². The lowest BCUT2D eigenvalue weighted by Gasteiger charge is -2.34. The fourth-order valence-electron chi connectivity index (χ4n) is 2.04. The van der Waals surface area contributed by atoms with E-state index in [4.69, 9.17) is 21.4 Å². The Kier molecular flexibility index (Phi) is 5.02. The maximum Gasteiger partial charge on any atom is 0.251 e. The van der Waals surface area contributed by atoms with Crippen molar-refractivity contribution in [2.45, 2.75) is 25.0 Å². The highest BCUT2D eigenvalue weighted by molar-refractivity contribution is 6.32. The first-order chi connectivity index (χ1) is 9.63. The Labute approximate surface area is 123 Å². The van der Waals surface area contributed by atoms with Crippen molar-refractivity contribution in [3.05, 3.63) is 34.3 Å². The minimum atomic E-state index is -0.221. The molecule has 1 aromatic rings. The summed E-state index contributed by atoms with van der Waals surface area (Å²) in [5.74, 6) is 5.10. The highest BCUT2D eigenvalue weighted by atomic mass is 35.5. The summed E-state index contributed by atoms with van der Waals surface area (Å²) in [4.78, 5) is 12.0. The molecule has 0 aromatic heterocycles. The number of carbonyl (C=O) groups excluding carboxylic acids is 1. The van der Waals surface area contributed by atoms with Gasteiger partial charge in [-0.2, -0.15) is 0 Å². The summed E-state index contributed by atoms with van der Waals surface area (Å²) in [5.41, 5.74) is 1.10. The molecular weight excluding hydrogens is 278 g/mol. The van der Waals surface area contributed by atoms with Crippen LogP contribution in [0.4, 0.5) is 0 Å². The molecule has 106 valence electrons. The third kappa shape index (κ3) is 3.51. The summed E-state index contributed by atoms with van der Waals surface area (Å²) >= 11 is 6.06. The summed E-state index contributed by atoms with van der Waals surface area (Å²) < 4.78 is 5.17. The number of aliphatic hydroxyl groups excluding tert-OH is 1. The van der Waals surface area contributed by atoms with Crippen molar-refractivity contribution in [1.82, 2.24) is 5.32 Å². The second-order valence-electron chi connectivity index (χ2n) is 4.65. The Morgan fingerprint density at radius 2 is 2.30 bits per heavy atom. The zero-order valence-corrected chi connectivity index (χ0v) is 11.9. The Morgan fingerprint density at radius 1 is 1.55 bits per heavy atom. The summed E-state index contributed by atoms with van der Waals surface area (Å²) in [6.07, 6.45) is 1.94. The molecule has 0 bridgehead atoms. The van der Waals surface area contributed by atoms with Crippen molar-refractivity contribution in [3.63, 3.8) is 0 Å². The molecule has 0 atom stereocenters. The molecule has 0 aliphatic heterocycles. The molecule has 1 saturated carbocycles. The highest BCUT2D eigenvalue weighted by Crippen LogP contribution is 2.23. The van der Waals surface area contributed by atoms with Gasteiger partial charge >= 0.3 is 0 Å². The van der Waals surface area contributed by atoms with E-state index in [9.17, 15) is 4.79 Å². The van der Waals surface area contributed by atoms with Gasteiger partial charge in [-0.25, -0.2) is 0 Å². The lowest BCUT2D eigenvalue weighted by Crippen LogP contribution is -2.47. The monoisotopic (exact) mass is 293 g/mol. The van der Waals surface area contributed by atoms with Crippen LogP contribution in [-0.2, 0) is 4.74 Å². The Balaban J connectivity index is 1.99. The third-order valence-electron chi connectivity index (χ3n) is 3.30. The molecule has 1 aliphatic carbocycles. The number of benzene rings is 1. The molecule has 0 radical (unpaired) electrons. The van der Waals surface area contributed by atoms with Gasteiger partial charge < -0.3 is 15.2 Å². The molecule has 1 aliphatic rings. The minimum Gasteiger partial charge on any atom is -0.384 e. The SMILES string of the molecule is COC1CC(NC(=O)c2ccc(C#CCO)c(Cl)c2)C1. The molecular formula is C15H16ClNO3. The second kappa shape index (κ2) is 6.76. The molecule has 0 saturated heterocycles. The first-order valence-corrected chi connectivity index (χ1v) is 6.74. The number of ether oxygens (including phenoxy) is 1. The molecule has 4 nitrogen and oxygen atoms in total. The number of amides is 1. The van der Waals surface area contributed by atoms with E-state index >= 15 is 0 Å². The van der Waals surface area contributed by atoms with Gasteiger partial charge in [0.2, 0.25) is 0 Å². The molecule has 2 N–H and O–H groups in total. The van der Waals surface area contributed by atoms with Gasteiger partial charge in [0.25, 0.3) is 5.91 Å². The first-order valence-electron chi connectivity index (χ1n) is 6.37. The van der Waals surface area contributed by atoms with E-state index in [0.29, 0.717) is 16.1 Å². The average Bonchev–Trinajstić information content (AvgIpc) is 2.40. The zero-order valence-electron chi connectivity index (χ0n) is 11.1. The molecule has 0 spiro atoms. The number of methoxy groups -OCH3 is 1. The molecule has 1 amide bonds. The van der Waals surface area contributed by atoms with Crippen LogP contribution in [0.25, 0.3) is 0 Å². The van der Waals surface area contributed by atoms with Crippen LogP contribution in [0.3, 0.4) is 0 Å². The number of hydrogen-bond donors (Lipinski definition) is 2. The molecule has 2 rings (SSSR count). The van der Waals surface area contributed by atoms with Crippen molar-refractivity contribution in [3.8, 4) is 11.8 Å². The van der Waals surface area contributed by atoms with Gasteiger partial charge in [-0.1, -0.05) is 23.4 Å². The van der Waals surface area contributed by atoms with E-state index in [1.165, 1.54) is 0 Å². The van der Waals surface area contributed by atoms with E-state index in [1.807, 2.05) is 0 Å². The van der Waals surface area contributed by atoms with Crippen molar-refractivity contribution in [2.75, 3.05) is 13.7 Å². The van der Waals surface area contributed by atoms with Crippen LogP contribution in [-0.4, -0.2) is 36.9 Å². The fourth-order valence-corrected chi connectivity index (χ4v) is 2.26. The summed E-state index contributed by atoms with van der Waals surface area (Å²) in [7, 11) is 1.68. The predicted octanol–water partition coefficient (Wildman–Crippen LogP) is 1.59. The summed E-state index contributed by atoms with van der Waals surface area (Å²) in [6.45, 7) is -0.221. The second-order valence-corrected chi connectivity index (χ2v) is 5.06. The quantitative estimate of drug-likeness (QED) is 0.832. The standard InChI is InChI=1S/C15H16ClNO3/c1-20-13-8-12(9-13)17-15(19)11-5-4-10(3-2-6-18)14(16)7-11/h4-5,7,12-13,18H,6,8-9H2,1H3,(H,17,19). The van der Waals surface area contributed by atoms with Gasteiger partial charge in [-0.3, -0.25) is 4.79 Å². The number of rotatable bonds is 3. The van der Waals surface area contributed by atoms with E-state index in [2.05, 4.69) is 17.2 Å².